The van der Waals surface area contributed by atoms with Gasteiger partial charge in [-0.2, -0.15) is 0 Å². The van der Waals surface area contributed by atoms with Crippen molar-refractivity contribution in [3.05, 3.63) is 23.8 Å². The second-order valence-corrected chi connectivity index (χ2v) is 4.80. The van der Waals surface area contributed by atoms with Crippen molar-refractivity contribution in [3.8, 4) is 0 Å². The van der Waals surface area contributed by atoms with Gasteiger partial charge in [0.2, 0.25) is 0 Å². The molecule has 1 atom stereocenters. The van der Waals surface area contributed by atoms with Crippen LogP contribution in [0.3, 0.4) is 0 Å². The van der Waals surface area contributed by atoms with E-state index in [1.54, 1.807) is 0 Å². The van der Waals surface area contributed by atoms with Gasteiger partial charge in [0.15, 0.2) is 0 Å². The summed E-state index contributed by atoms with van der Waals surface area (Å²) in [5, 5.41) is 3.39. The van der Waals surface area contributed by atoms with Crippen molar-refractivity contribution in [2.45, 2.75) is 20.0 Å². The first-order chi connectivity index (χ1) is 8.70. The van der Waals surface area contributed by atoms with Crippen molar-refractivity contribution in [3.63, 3.8) is 0 Å². The number of rotatable bonds is 4. The fraction of sp³-hybridized carbons (Fsp3) is 0.571. The predicted octanol–water partition coefficient (Wildman–Crippen LogP) is 1.71. The number of morpholine rings is 1. The lowest BCUT2D eigenvalue weighted by atomic mass is 10.1. The molecule has 1 unspecified atom stereocenters. The van der Waals surface area contributed by atoms with Crippen LogP contribution >= 0.6 is 0 Å². The van der Waals surface area contributed by atoms with Crippen LogP contribution in [0.15, 0.2) is 18.2 Å². The van der Waals surface area contributed by atoms with Crippen molar-refractivity contribution in [1.82, 2.24) is 4.90 Å². The number of aryl methyl sites for hydroxylation is 1. The molecule has 0 aliphatic carbocycles. The van der Waals surface area contributed by atoms with Gasteiger partial charge in [0.25, 0.3) is 0 Å². The number of nitrogen functional groups attached to an aromatic ring is 1. The van der Waals surface area contributed by atoms with Gasteiger partial charge in [-0.15, -0.1) is 0 Å². The summed E-state index contributed by atoms with van der Waals surface area (Å²) in [4.78, 5) is 2.41. The molecule has 1 aromatic carbocycles. The van der Waals surface area contributed by atoms with E-state index in [1.807, 2.05) is 25.1 Å². The average Bonchev–Trinajstić information content (AvgIpc) is 2.41. The lowest BCUT2D eigenvalue weighted by molar-refractivity contribution is -0.0191. The van der Waals surface area contributed by atoms with Crippen LogP contribution in [0, 0.1) is 6.92 Å². The summed E-state index contributed by atoms with van der Waals surface area (Å²) in [6.45, 7) is 8.97. The molecule has 100 valence electrons. The monoisotopic (exact) mass is 249 g/mol. The quantitative estimate of drug-likeness (QED) is 0.798. The van der Waals surface area contributed by atoms with Crippen molar-refractivity contribution in [1.29, 1.82) is 0 Å². The summed E-state index contributed by atoms with van der Waals surface area (Å²) in [5.41, 5.74) is 8.99. The fourth-order valence-electron chi connectivity index (χ4n) is 2.25. The zero-order valence-corrected chi connectivity index (χ0v) is 11.3. The van der Waals surface area contributed by atoms with Crippen LogP contribution in [0.5, 0.6) is 0 Å². The minimum absolute atomic E-state index is 0.249. The Kier molecular flexibility index (Phi) is 4.44. The number of nitrogens with zero attached hydrogens (tertiary/aromatic N) is 1. The van der Waals surface area contributed by atoms with E-state index in [2.05, 4.69) is 17.1 Å². The van der Waals surface area contributed by atoms with E-state index in [0.29, 0.717) is 0 Å². The number of likely N-dealkylation sites (N-methyl/N-ethyl adjacent to an activating group) is 1. The molecule has 1 saturated heterocycles. The van der Waals surface area contributed by atoms with Crippen LogP contribution in [0.2, 0.25) is 0 Å². The zero-order valence-electron chi connectivity index (χ0n) is 11.3. The van der Waals surface area contributed by atoms with Gasteiger partial charge < -0.3 is 15.8 Å². The minimum atomic E-state index is 0.249. The minimum Gasteiger partial charge on any atom is -0.397 e. The number of ether oxygens (including phenoxy) is 1. The summed E-state index contributed by atoms with van der Waals surface area (Å²) in [6.07, 6.45) is 0.249. The molecule has 1 aliphatic rings. The number of hydrogen-bond donors (Lipinski definition) is 2. The third-order valence-electron chi connectivity index (χ3n) is 3.51. The molecule has 0 aromatic heterocycles. The first-order valence-corrected chi connectivity index (χ1v) is 6.63. The normalized spacial score (nSPS) is 20.9. The molecule has 2 rings (SSSR count). The largest absolute Gasteiger partial charge is 0.397 e. The average molecular weight is 249 g/mol. The molecule has 3 N–H and O–H groups in total. The second kappa shape index (κ2) is 6.07. The molecule has 18 heavy (non-hydrogen) atoms. The van der Waals surface area contributed by atoms with E-state index in [0.717, 1.165) is 49.7 Å². The smallest absolute Gasteiger partial charge is 0.0874 e. The van der Waals surface area contributed by atoms with Crippen LogP contribution in [-0.2, 0) is 4.74 Å². The van der Waals surface area contributed by atoms with Crippen LogP contribution < -0.4 is 11.1 Å². The highest BCUT2D eigenvalue weighted by molar-refractivity contribution is 5.69. The molecule has 4 nitrogen and oxygen atoms in total. The Morgan fingerprint density at radius 1 is 1.50 bits per heavy atom. The van der Waals surface area contributed by atoms with Crippen molar-refractivity contribution < 1.29 is 4.74 Å². The summed E-state index contributed by atoms with van der Waals surface area (Å²) in [7, 11) is 0. The van der Waals surface area contributed by atoms with Crippen LogP contribution in [0.25, 0.3) is 0 Å². The summed E-state index contributed by atoms with van der Waals surface area (Å²) >= 11 is 0. The molecule has 1 aromatic rings. The Hall–Kier alpha value is -1.26. The Bertz CT molecular complexity index is 395. The van der Waals surface area contributed by atoms with Crippen molar-refractivity contribution in [2.75, 3.05) is 43.8 Å². The third-order valence-corrected chi connectivity index (χ3v) is 3.51. The Morgan fingerprint density at radius 2 is 2.33 bits per heavy atom. The molecule has 1 fully saturated rings. The third kappa shape index (κ3) is 3.15. The van der Waals surface area contributed by atoms with Gasteiger partial charge in [-0.25, -0.2) is 0 Å². The SMILES string of the molecule is CCN1CCOC(CNc2cccc(C)c2N)C1. The Labute approximate surface area is 109 Å². The predicted molar refractivity (Wildman–Crippen MR) is 75.9 cm³/mol. The first kappa shape index (κ1) is 13.2. The van der Waals surface area contributed by atoms with E-state index >= 15 is 0 Å². The number of nitrogens with two attached hydrogens (primary N) is 1. The van der Waals surface area contributed by atoms with E-state index in [1.165, 1.54) is 0 Å². The molecule has 1 heterocycles. The second-order valence-electron chi connectivity index (χ2n) is 4.80. The molecule has 1 aliphatic heterocycles. The van der Waals surface area contributed by atoms with Crippen LogP contribution in [0.4, 0.5) is 11.4 Å². The van der Waals surface area contributed by atoms with Crippen molar-refractivity contribution >= 4 is 11.4 Å². The lowest BCUT2D eigenvalue weighted by Gasteiger charge is -2.32. The molecule has 0 amide bonds. The maximum absolute atomic E-state index is 6.04. The number of para-hydroxylation sites is 1. The summed E-state index contributed by atoms with van der Waals surface area (Å²) in [6, 6.07) is 6.06. The maximum Gasteiger partial charge on any atom is 0.0874 e. The summed E-state index contributed by atoms with van der Waals surface area (Å²) in [5.74, 6) is 0. The van der Waals surface area contributed by atoms with E-state index in [-0.39, 0.29) is 6.10 Å². The fourth-order valence-corrected chi connectivity index (χ4v) is 2.25. The molecular formula is C14H23N3O. The highest BCUT2D eigenvalue weighted by atomic mass is 16.5. The zero-order chi connectivity index (χ0) is 13.0. The molecular weight excluding hydrogens is 226 g/mol. The van der Waals surface area contributed by atoms with Gasteiger partial charge in [-0.3, -0.25) is 4.90 Å². The molecule has 0 saturated carbocycles. The standard InChI is InChI=1S/C14H23N3O/c1-3-17-7-8-18-12(10-17)9-16-13-6-4-5-11(2)14(13)15/h4-6,12,16H,3,7-10,15H2,1-2H3. The molecule has 0 spiro atoms. The molecule has 0 radical (unpaired) electrons. The Morgan fingerprint density at radius 3 is 3.11 bits per heavy atom. The van der Waals surface area contributed by atoms with Gasteiger partial charge in [0.1, 0.15) is 0 Å². The van der Waals surface area contributed by atoms with Crippen molar-refractivity contribution in [2.24, 2.45) is 0 Å². The van der Waals surface area contributed by atoms with Gasteiger partial charge in [-0.05, 0) is 25.1 Å². The Balaban J connectivity index is 1.89. The molecule has 4 heteroatoms. The van der Waals surface area contributed by atoms with Gasteiger partial charge in [-0.1, -0.05) is 19.1 Å². The van der Waals surface area contributed by atoms with E-state index in [4.69, 9.17) is 10.5 Å². The summed E-state index contributed by atoms with van der Waals surface area (Å²) < 4.78 is 5.76. The highest BCUT2D eigenvalue weighted by Crippen LogP contribution is 2.21. The number of anilines is 2. The van der Waals surface area contributed by atoms with Gasteiger partial charge >= 0.3 is 0 Å². The molecule has 0 bridgehead atoms. The van der Waals surface area contributed by atoms with E-state index in [9.17, 15) is 0 Å². The van der Waals surface area contributed by atoms with E-state index < -0.39 is 0 Å². The number of hydrogen-bond acceptors (Lipinski definition) is 4. The van der Waals surface area contributed by atoms with Crippen LogP contribution in [-0.4, -0.2) is 43.8 Å². The first-order valence-electron chi connectivity index (χ1n) is 6.63. The number of nitrogens with one attached hydrogen (secondary N) is 1. The highest BCUT2D eigenvalue weighted by Gasteiger charge is 2.19. The maximum atomic E-state index is 6.04. The van der Waals surface area contributed by atoms with Crippen LogP contribution in [0.1, 0.15) is 12.5 Å². The topological polar surface area (TPSA) is 50.5 Å². The lowest BCUT2D eigenvalue weighted by Crippen LogP contribution is -2.45. The number of benzene rings is 1. The van der Waals surface area contributed by atoms with Gasteiger partial charge in [0, 0.05) is 19.6 Å². The van der Waals surface area contributed by atoms with Gasteiger partial charge in [0.05, 0.1) is 24.1 Å².